The molecule has 0 amide bonds. The summed E-state index contributed by atoms with van der Waals surface area (Å²) in [5.41, 5.74) is 3.67. The number of pyridine rings is 1. The summed E-state index contributed by atoms with van der Waals surface area (Å²) >= 11 is 5.91. The third kappa shape index (κ3) is 3.45. The quantitative estimate of drug-likeness (QED) is 0.780. The summed E-state index contributed by atoms with van der Waals surface area (Å²) in [7, 11) is 1.00. The molecule has 3 N–H and O–H groups in total. The Labute approximate surface area is 145 Å². The molecule has 0 unspecified atom stereocenters. The maximum atomic E-state index is 12.3. The minimum Gasteiger partial charge on any atom is -0.400 e. The molecule has 1 aromatic heterocycles. The Morgan fingerprint density at radius 1 is 1.29 bits per heavy atom. The van der Waals surface area contributed by atoms with E-state index in [4.69, 9.17) is 16.7 Å². The first-order chi connectivity index (χ1) is 11.4. The van der Waals surface area contributed by atoms with Gasteiger partial charge in [-0.3, -0.25) is 4.79 Å². The lowest BCUT2D eigenvalue weighted by atomic mass is 9.91. The molecule has 2 aromatic rings. The number of nitrogens with zero attached hydrogens (tertiary/aromatic N) is 1. The van der Waals surface area contributed by atoms with Crippen molar-refractivity contribution in [1.29, 1.82) is 5.26 Å². The van der Waals surface area contributed by atoms with E-state index in [2.05, 4.69) is 30.2 Å². The molecule has 0 saturated carbocycles. The molecule has 0 spiro atoms. The third-order valence-corrected chi connectivity index (χ3v) is 4.32. The number of anilines is 1. The van der Waals surface area contributed by atoms with Crippen molar-refractivity contribution >= 4 is 17.3 Å². The Morgan fingerprint density at radius 2 is 2.00 bits per heavy atom. The van der Waals surface area contributed by atoms with E-state index >= 15 is 0 Å². The molecule has 0 saturated heterocycles. The van der Waals surface area contributed by atoms with Gasteiger partial charge in [0.15, 0.2) is 0 Å². The van der Waals surface area contributed by atoms with Crippen molar-refractivity contribution in [3.63, 3.8) is 0 Å². The second-order valence-electron chi connectivity index (χ2n) is 6.24. The fourth-order valence-corrected chi connectivity index (χ4v) is 2.97. The number of nitriles is 1. The summed E-state index contributed by atoms with van der Waals surface area (Å²) in [4.78, 5) is 15.3. The lowest BCUT2D eigenvalue weighted by Gasteiger charge is -2.16. The lowest BCUT2D eigenvalue weighted by Crippen LogP contribution is -2.23. The largest absolute Gasteiger partial charge is 0.400 e. The second kappa shape index (κ2) is 7.08. The van der Waals surface area contributed by atoms with Crippen LogP contribution in [0.1, 0.15) is 36.2 Å². The van der Waals surface area contributed by atoms with E-state index in [9.17, 15) is 10.1 Å². The molecule has 1 aromatic carbocycles. The fraction of sp³-hybridized carbons (Fsp3) is 0.333. The fourth-order valence-electron chi connectivity index (χ4n) is 2.79. The predicted molar refractivity (Wildman–Crippen MR) is 95.7 cm³/mol. The average molecular weight is 346 g/mol. The normalized spacial score (nSPS) is 14.0. The van der Waals surface area contributed by atoms with Gasteiger partial charge < -0.3 is 15.4 Å². The van der Waals surface area contributed by atoms with Crippen LogP contribution in [-0.2, 0) is 11.8 Å². The zero-order valence-corrected chi connectivity index (χ0v) is 14.7. The van der Waals surface area contributed by atoms with E-state index < -0.39 is 0 Å². The van der Waals surface area contributed by atoms with Gasteiger partial charge in [0, 0.05) is 41.8 Å². The van der Waals surface area contributed by atoms with E-state index in [-0.39, 0.29) is 11.0 Å². The smallest absolute Gasteiger partial charge is 0.251 e. The van der Waals surface area contributed by atoms with Gasteiger partial charge in [0.1, 0.15) is 0 Å². The lowest BCUT2D eigenvalue weighted by molar-refractivity contribution is 0.399. The summed E-state index contributed by atoms with van der Waals surface area (Å²) in [6.07, 6.45) is 0.408. The maximum absolute atomic E-state index is 12.3. The average Bonchev–Trinajstić information content (AvgIpc) is 2.86. The maximum Gasteiger partial charge on any atom is 0.251 e. The molecule has 6 heteroatoms. The molecule has 1 aliphatic heterocycles. The van der Waals surface area contributed by atoms with Crippen LogP contribution in [0.4, 0.5) is 5.69 Å². The van der Waals surface area contributed by atoms with E-state index in [1.807, 2.05) is 6.07 Å². The Bertz CT molecular complexity index is 850. The van der Waals surface area contributed by atoms with E-state index in [0.29, 0.717) is 22.6 Å². The first-order valence-corrected chi connectivity index (χ1v) is 7.92. The Hall–Kier alpha value is -2.29. The van der Waals surface area contributed by atoms with Crippen LogP contribution in [0, 0.1) is 11.3 Å². The zero-order chi connectivity index (χ0) is 17.9. The third-order valence-electron chi connectivity index (χ3n) is 4.09. The van der Waals surface area contributed by atoms with Crippen LogP contribution >= 0.6 is 11.6 Å². The molecule has 0 fully saturated rings. The molecule has 126 valence electrons. The van der Waals surface area contributed by atoms with Gasteiger partial charge in [0.2, 0.25) is 0 Å². The number of hydrogen-bond donors (Lipinski definition) is 3. The van der Waals surface area contributed by atoms with Crippen molar-refractivity contribution < 1.29 is 5.11 Å². The number of benzene rings is 1. The highest BCUT2D eigenvalue weighted by atomic mass is 35.5. The van der Waals surface area contributed by atoms with Crippen molar-refractivity contribution in [3.8, 4) is 6.07 Å². The summed E-state index contributed by atoms with van der Waals surface area (Å²) in [6, 6.07) is 9.17. The number of rotatable bonds is 2. The van der Waals surface area contributed by atoms with Gasteiger partial charge in [0.05, 0.1) is 17.3 Å². The Balaban J connectivity index is 0.00000100. The minimum absolute atomic E-state index is 0.0783. The number of nitrogens with one attached hydrogen (secondary N) is 2. The van der Waals surface area contributed by atoms with Crippen molar-refractivity contribution in [2.75, 3.05) is 19.0 Å². The van der Waals surface area contributed by atoms with Crippen molar-refractivity contribution in [2.24, 2.45) is 0 Å². The molecular weight excluding hydrogens is 326 g/mol. The first-order valence-electron chi connectivity index (χ1n) is 7.54. The van der Waals surface area contributed by atoms with Crippen molar-refractivity contribution in [3.05, 3.63) is 62.0 Å². The highest BCUT2D eigenvalue weighted by Gasteiger charge is 2.31. The van der Waals surface area contributed by atoms with Crippen molar-refractivity contribution in [1.82, 2.24) is 4.98 Å². The number of fused-ring (bicyclic) bond motifs is 1. The Kier molecular flexibility index (Phi) is 5.33. The molecule has 1 aliphatic rings. The molecule has 0 aliphatic carbocycles. The van der Waals surface area contributed by atoms with Crippen LogP contribution < -0.4 is 10.9 Å². The zero-order valence-electron chi connectivity index (χ0n) is 13.9. The molecule has 5 nitrogen and oxygen atoms in total. The molecule has 0 atom stereocenters. The molecule has 2 heterocycles. The molecular formula is C18H20ClN3O2. The topological polar surface area (TPSA) is 88.9 Å². The molecule has 0 radical (unpaired) electrons. The standard InChI is InChI=1S/C17H16ClN3O.CH4O/c1-17(2)9-20-14-7-11(16(22)21-15(14)17)5-10-3-4-13(18)6-12(10)8-19;1-2/h3-4,6-7,20H,5,9H2,1-2H3,(H,21,22);2H,1H3. The van der Waals surface area contributed by atoms with Gasteiger partial charge in [-0.25, -0.2) is 0 Å². The first kappa shape index (κ1) is 18.1. The predicted octanol–water partition coefficient (Wildman–Crippen LogP) is 2.80. The van der Waals surface area contributed by atoms with E-state index in [1.165, 1.54) is 0 Å². The molecule has 24 heavy (non-hydrogen) atoms. The Morgan fingerprint density at radius 3 is 2.67 bits per heavy atom. The van der Waals surface area contributed by atoms with E-state index in [0.717, 1.165) is 30.6 Å². The number of H-pyrrole nitrogens is 1. The summed E-state index contributed by atoms with van der Waals surface area (Å²) in [5.74, 6) is 0. The summed E-state index contributed by atoms with van der Waals surface area (Å²) in [5, 5.41) is 20.1. The monoisotopic (exact) mass is 345 g/mol. The van der Waals surface area contributed by atoms with E-state index in [1.54, 1.807) is 18.2 Å². The minimum atomic E-state index is -0.102. The number of halogens is 1. The van der Waals surface area contributed by atoms with Crippen LogP contribution in [-0.4, -0.2) is 23.7 Å². The van der Waals surface area contributed by atoms with Crippen LogP contribution in [0.25, 0.3) is 0 Å². The van der Waals surface area contributed by atoms with Crippen LogP contribution in [0.3, 0.4) is 0 Å². The highest BCUT2D eigenvalue weighted by molar-refractivity contribution is 6.30. The van der Waals surface area contributed by atoms with Gasteiger partial charge >= 0.3 is 0 Å². The SMILES string of the molecule is CC1(C)CNc2cc(Cc3ccc(Cl)cc3C#N)c(=O)[nH]c21.CO. The molecule has 0 bridgehead atoms. The van der Waals surface area contributed by atoms with Crippen LogP contribution in [0.15, 0.2) is 29.1 Å². The van der Waals surface area contributed by atoms with Crippen LogP contribution in [0.2, 0.25) is 5.02 Å². The number of aromatic amines is 1. The van der Waals surface area contributed by atoms with Crippen LogP contribution in [0.5, 0.6) is 0 Å². The highest BCUT2D eigenvalue weighted by Crippen LogP contribution is 2.34. The number of hydrogen-bond acceptors (Lipinski definition) is 4. The summed E-state index contributed by atoms with van der Waals surface area (Å²) in [6.45, 7) is 4.98. The number of aliphatic hydroxyl groups excluding tert-OH is 1. The summed E-state index contributed by atoms with van der Waals surface area (Å²) < 4.78 is 0. The van der Waals surface area contributed by atoms with Gasteiger partial charge in [-0.1, -0.05) is 31.5 Å². The second-order valence-corrected chi connectivity index (χ2v) is 6.68. The van der Waals surface area contributed by atoms with Gasteiger partial charge in [-0.2, -0.15) is 5.26 Å². The molecule has 3 rings (SSSR count). The van der Waals surface area contributed by atoms with Gasteiger partial charge in [-0.15, -0.1) is 0 Å². The van der Waals surface area contributed by atoms with Gasteiger partial charge in [0.25, 0.3) is 5.56 Å². The van der Waals surface area contributed by atoms with Gasteiger partial charge in [-0.05, 0) is 23.8 Å². The number of aromatic nitrogens is 1. The number of aliphatic hydroxyl groups is 1. The van der Waals surface area contributed by atoms with Crippen molar-refractivity contribution in [2.45, 2.75) is 25.7 Å².